The number of likely N-dealkylation sites (N-methyl/N-ethyl adjacent to an activating group) is 1. The molecule has 31 heavy (non-hydrogen) atoms. The average Bonchev–Trinajstić information content (AvgIpc) is 2.75. The smallest absolute Gasteiger partial charge is 0.177 e. The number of nitrogens with one attached hydrogen (secondary N) is 2. The summed E-state index contributed by atoms with van der Waals surface area (Å²) in [4.78, 5) is 23.4. The maximum Gasteiger partial charge on any atom is 0.177 e. The second kappa shape index (κ2) is 19.6. The van der Waals surface area contributed by atoms with Crippen molar-refractivity contribution in [3.63, 3.8) is 0 Å². The van der Waals surface area contributed by atoms with Gasteiger partial charge in [-0.1, -0.05) is 51.2 Å². The summed E-state index contributed by atoms with van der Waals surface area (Å²) in [6.45, 7) is 4.21. The molecule has 4 atom stereocenters. The van der Waals surface area contributed by atoms with Crippen LogP contribution in [0.4, 0.5) is 0 Å². The zero-order chi connectivity index (χ0) is 23.5. The van der Waals surface area contributed by atoms with Gasteiger partial charge < -0.3 is 26.0 Å². The molecule has 0 aromatic heterocycles. The van der Waals surface area contributed by atoms with Crippen molar-refractivity contribution in [3.8, 4) is 0 Å². The molecule has 0 radical (unpaired) electrons. The van der Waals surface area contributed by atoms with Crippen LogP contribution in [0.3, 0.4) is 0 Å². The molecule has 0 amide bonds. The Kier molecular flexibility index (Phi) is 18.9. The van der Waals surface area contributed by atoms with Crippen LogP contribution >= 0.6 is 0 Å². The van der Waals surface area contributed by atoms with Crippen molar-refractivity contribution in [2.24, 2.45) is 0 Å². The number of unbranched alkanes of at least 4 members (excludes halogenated alkanes) is 6. The Balaban J connectivity index is 3.86. The van der Waals surface area contributed by atoms with Crippen molar-refractivity contribution in [1.29, 1.82) is 0 Å². The van der Waals surface area contributed by atoms with Crippen LogP contribution in [0.2, 0.25) is 0 Å². The van der Waals surface area contributed by atoms with Gasteiger partial charge in [-0.3, -0.25) is 9.59 Å². The first kappa shape index (κ1) is 29.9. The quantitative estimate of drug-likeness (QED) is 0.137. The summed E-state index contributed by atoms with van der Waals surface area (Å²) < 4.78 is 0. The van der Waals surface area contributed by atoms with E-state index >= 15 is 0 Å². The molecule has 4 unspecified atom stereocenters. The Labute approximate surface area is 188 Å². The van der Waals surface area contributed by atoms with Crippen LogP contribution in [0.25, 0.3) is 0 Å². The molecule has 0 fully saturated rings. The van der Waals surface area contributed by atoms with Crippen molar-refractivity contribution in [1.82, 2.24) is 10.6 Å². The van der Waals surface area contributed by atoms with Gasteiger partial charge >= 0.3 is 0 Å². The third kappa shape index (κ3) is 15.3. The lowest BCUT2D eigenvalue weighted by Crippen LogP contribution is -2.45. The minimum absolute atomic E-state index is 0.0560. The third-order valence-electron chi connectivity index (χ3n) is 5.56. The van der Waals surface area contributed by atoms with Gasteiger partial charge in [-0.2, -0.15) is 0 Å². The molecule has 0 saturated heterocycles. The number of rotatable bonds is 21. The highest BCUT2D eigenvalue weighted by molar-refractivity contribution is 5.85. The van der Waals surface area contributed by atoms with Crippen molar-refractivity contribution in [2.45, 2.75) is 109 Å². The first-order valence-electron chi connectivity index (χ1n) is 11.9. The molecule has 0 aliphatic carbocycles. The van der Waals surface area contributed by atoms with E-state index in [1.807, 2.05) is 0 Å². The van der Waals surface area contributed by atoms with Gasteiger partial charge in [0.2, 0.25) is 0 Å². The van der Waals surface area contributed by atoms with Crippen LogP contribution in [0.1, 0.15) is 84.5 Å². The van der Waals surface area contributed by atoms with Crippen molar-refractivity contribution in [2.75, 3.05) is 20.1 Å². The molecule has 0 aromatic rings. The number of carbonyl (C=O) groups is 2. The minimum Gasteiger partial charge on any atom is -0.390 e. The standard InChI is InChI=1S/C24H46N2O5/c1-4-5-6-7-8-9-10-11-12-16-21(28)23(30)24(31)22(29)18-26-17-14-13-15-20(25-3)19(2)27/h5-6,20-21,23-26,28,30-31H,4,7-18H2,1-3H3/b6-5-. The van der Waals surface area contributed by atoms with E-state index in [2.05, 4.69) is 29.7 Å². The first-order chi connectivity index (χ1) is 14.8. The molecule has 0 aromatic carbocycles. The van der Waals surface area contributed by atoms with Gasteiger partial charge in [0.05, 0.1) is 18.7 Å². The highest BCUT2D eigenvalue weighted by Gasteiger charge is 2.29. The largest absolute Gasteiger partial charge is 0.390 e. The van der Waals surface area contributed by atoms with E-state index < -0.39 is 24.1 Å². The van der Waals surface area contributed by atoms with Gasteiger partial charge in [-0.15, -0.1) is 0 Å². The van der Waals surface area contributed by atoms with Crippen LogP contribution in [0.15, 0.2) is 12.2 Å². The maximum atomic E-state index is 12.0. The molecular weight excluding hydrogens is 396 g/mol. The minimum atomic E-state index is -1.58. The molecule has 5 N–H and O–H groups in total. The highest BCUT2D eigenvalue weighted by Crippen LogP contribution is 2.13. The number of ketones is 2. The van der Waals surface area contributed by atoms with Crippen LogP contribution in [-0.4, -0.2) is 71.4 Å². The van der Waals surface area contributed by atoms with Gasteiger partial charge in [-0.25, -0.2) is 0 Å². The van der Waals surface area contributed by atoms with Crippen LogP contribution in [0, 0.1) is 0 Å². The maximum absolute atomic E-state index is 12.0. The average molecular weight is 443 g/mol. The number of hydrogen-bond acceptors (Lipinski definition) is 7. The molecule has 7 heteroatoms. The third-order valence-corrected chi connectivity index (χ3v) is 5.56. The molecule has 0 saturated carbocycles. The monoisotopic (exact) mass is 442 g/mol. The fraction of sp³-hybridized carbons (Fsp3) is 0.833. The Bertz CT molecular complexity index is 498. The topological polar surface area (TPSA) is 119 Å². The fourth-order valence-corrected chi connectivity index (χ4v) is 3.47. The second-order valence-corrected chi connectivity index (χ2v) is 8.32. The van der Waals surface area contributed by atoms with Gasteiger partial charge in [0, 0.05) is 0 Å². The molecule has 0 heterocycles. The molecule has 182 valence electrons. The van der Waals surface area contributed by atoms with Crippen LogP contribution in [-0.2, 0) is 9.59 Å². The summed E-state index contributed by atoms with van der Waals surface area (Å²) >= 11 is 0. The van der Waals surface area contributed by atoms with Gasteiger partial charge in [0.25, 0.3) is 0 Å². The van der Waals surface area contributed by atoms with E-state index in [4.69, 9.17) is 0 Å². The summed E-state index contributed by atoms with van der Waals surface area (Å²) in [7, 11) is 1.76. The number of hydrogen-bond donors (Lipinski definition) is 5. The molecule has 0 spiro atoms. The van der Waals surface area contributed by atoms with Crippen LogP contribution in [0.5, 0.6) is 0 Å². The summed E-state index contributed by atoms with van der Waals surface area (Å²) in [5, 5.41) is 36.1. The Morgan fingerprint density at radius 3 is 2.19 bits per heavy atom. The van der Waals surface area contributed by atoms with E-state index in [1.54, 1.807) is 14.0 Å². The van der Waals surface area contributed by atoms with Crippen LogP contribution < -0.4 is 10.6 Å². The number of Topliss-reactive ketones (excluding diaryl/α,β-unsaturated/α-hetero) is 2. The van der Waals surface area contributed by atoms with E-state index in [9.17, 15) is 24.9 Å². The molecule has 0 aliphatic heterocycles. The lowest BCUT2D eigenvalue weighted by atomic mass is 9.98. The normalized spacial score (nSPS) is 15.7. The SMILES string of the molecule is CC/C=C\CCCCCCCC(O)C(O)C(O)C(=O)CNCCCCC(NC)C(C)=O. The molecule has 0 rings (SSSR count). The number of aliphatic hydroxyl groups excluding tert-OH is 3. The van der Waals surface area contributed by atoms with Gasteiger partial charge in [0.1, 0.15) is 18.0 Å². The van der Waals surface area contributed by atoms with Gasteiger partial charge in [0.15, 0.2) is 5.78 Å². The summed E-state index contributed by atoms with van der Waals surface area (Å²) in [5.74, 6) is -0.412. The highest BCUT2D eigenvalue weighted by atomic mass is 16.4. The van der Waals surface area contributed by atoms with E-state index in [0.29, 0.717) is 13.0 Å². The van der Waals surface area contributed by atoms with Gasteiger partial charge in [-0.05, 0) is 59.0 Å². The zero-order valence-corrected chi connectivity index (χ0v) is 19.8. The van der Waals surface area contributed by atoms with E-state index in [0.717, 1.165) is 64.2 Å². The molecule has 0 aliphatic rings. The predicted octanol–water partition coefficient (Wildman–Crippen LogP) is 2.27. The second-order valence-electron chi connectivity index (χ2n) is 8.32. The Hall–Kier alpha value is -1.12. The predicted molar refractivity (Wildman–Crippen MR) is 125 cm³/mol. The number of aliphatic hydroxyl groups is 3. The lowest BCUT2D eigenvalue weighted by Gasteiger charge is -2.22. The summed E-state index contributed by atoms with van der Waals surface area (Å²) in [5.41, 5.74) is 0. The van der Waals surface area contributed by atoms with Crippen molar-refractivity contribution < 1.29 is 24.9 Å². The van der Waals surface area contributed by atoms with E-state index in [-0.39, 0.29) is 18.4 Å². The molecule has 7 nitrogen and oxygen atoms in total. The Morgan fingerprint density at radius 1 is 0.903 bits per heavy atom. The number of allylic oxidation sites excluding steroid dienone is 2. The fourth-order valence-electron chi connectivity index (χ4n) is 3.47. The number of carbonyl (C=O) groups excluding carboxylic acids is 2. The van der Waals surface area contributed by atoms with Crippen molar-refractivity contribution in [3.05, 3.63) is 12.2 Å². The van der Waals surface area contributed by atoms with E-state index in [1.165, 1.54) is 0 Å². The molecule has 0 bridgehead atoms. The first-order valence-corrected chi connectivity index (χ1v) is 11.9. The Morgan fingerprint density at radius 2 is 1.55 bits per heavy atom. The molecular formula is C24H46N2O5. The zero-order valence-electron chi connectivity index (χ0n) is 19.8. The lowest BCUT2D eigenvalue weighted by molar-refractivity contribution is -0.137. The summed E-state index contributed by atoms with van der Waals surface area (Å²) in [6.07, 6.45) is 10.3. The van der Waals surface area contributed by atoms with Crippen molar-refractivity contribution >= 4 is 11.6 Å². The summed E-state index contributed by atoms with van der Waals surface area (Å²) in [6, 6.07) is -0.136.